The predicted octanol–water partition coefficient (Wildman–Crippen LogP) is 0.774. The van der Waals surface area contributed by atoms with Crippen LogP contribution in [0.3, 0.4) is 0 Å². The van der Waals surface area contributed by atoms with E-state index in [-0.39, 0.29) is 5.91 Å². The van der Waals surface area contributed by atoms with E-state index in [2.05, 4.69) is 5.32 Å². The first kappa shape index (κ1) is 11.5. The molecule has 1 aromatic carbocycles. The fourth-order valence-electron chi connectivity index (χ4n) is 1.22. The Bertz CT molecular complexity index is 326. The highest BCUT2D eigenvalue weighted by atomic mass is 16.5. The Kier molecular flexibility index (Phi) is 4.63. The standard InChI is InChI=1S/C11H16N2O2/c1-2-15-10-6-4-3-5-9(10)11(14)13-8-7-12/h3-6H,2,7-8,12H2,1H3,(H,13,14). The second-order valence-electron chi connectivity index (χ2n) is 2.97. The van der Waals surface area contributed by atoms with Crippen LogP contribution in [0.4, 0.5) is 0 Å². The van der Waals surface area contributed by atoms with E-state index in [0.29, 0.717) is 31.0 Å². The molecule has 0 saturated carbocycles. The van der Waals surface area contributed by atoms with Crippen LogP contribution in [0.1, 0.15) is 17.3 Å². The van der Waals surface area contributed by atoms with E-state index in [9.17, 15) is 4.79 Å². The fourth-order valence-corrected chi connectivity index (χ4v) is 1.22. The van der Waals surface area contributed by atoms with Gasteiger partial charge in [0, 0.05) is 13.1 Å². The first-order chi connectivity index (χ1) is 7.29. The third-order valence-corrected chi connectivity index (χ3v) is 1.86. The van der Waals surface area contributed by atoms with E-state index in [4.69, 9.17) is 10.5 Å². The molecule has 0 aliphatic carbocycles. The lowest BCUT2D eigenvalue weighted by molar-refractivity contribution is 0.0951. The normalized spacial score (nSPS) is 9.73. The second-order valence-corrected chi connectivity index (χ2v) is 2.97. The maximum Gasteiger partial charge on any atom is 0.255 e. The van der Waals surface area contributed by atoms with Gasteiger partial charge in [-0.3, -0.25) is 4.79 Å². The van der Waals surface area contributed by atoms with Crippen molar-refractivity contribution in [2.45, 2.75) is 6.92 Å². The highest BCUT2D eigenvalue weighted by Crippen LogP contribution is 2.17. The molecule has 0 aliphatic rings. The third-order valence-electron chi connectivity index (χ3n) is 1.86. The van der Waals surface area contributed by atoms with Crippen molar-refractivity contribution >= 4 is 5.91 Å². The van der Waals surface area contributed by atoms with E-state index in [0.717, 1.165) is 0 Å². The first-order valence-corrected chi connectivity index (χ1v) is 4.99. The second kappa shape index (κ2) is 6.03. The van der Waals surface area contributed by atoms with Gasteiger partial charge in [-0.1, -0.05) is 12.1 Å². The van der Waals surface area contributed by atoms with Crippen LogP contribution >= 0.6 is 0 Å². The van der Waals surface area contributed by atoms with Gasteiger partial charge in [0.1, 0.15) is 5.75 Å². The van der Waals surface area contributed by atoms with Crippen molar-refractivity contribution in [1.82, 2.24) is 5.32 Å². The molecule has 4 heteroatoms. The molecule has 3 N–H and O–H groups in total. The number of rotatable bonds is 5. The molecular formula is C11H16N2O2. The molecule has 0 radical (unpaired) electrons. The number of nitrogens with two attached hydrogens (primary N) is 1. The minimum absolute atomic E-state index is 0.149. The lowest BCUT2D eigenvalue weighted by atomic mass is 10.2. The van der Waals surface area contributed by atoms with E-state index in [1.807, 2.05) is 13.0 Å². The minimum Gasteiger partial charge on any atom is -0.493 e. The van der Waals surface area contributed by atoms with Crippen LogP contribution in [-0.2, 0) is 0 Å². The number of hydrogen-bond acceptors (Lipinski definition) is 3. The molecule has 1 rings (SSSR count). The van der Waals surface area contributed by atoms with E-state index in [1.165, 1.54) is 0 Å². The predicted molar refractivity (Wildman–Crippen MR) is 59.0 cm³/mol. The van der Waals surface area contributed by atoms with Crippen LogP contribution in [0.2, 0.25) is 0 Å². The van der Waals surface area contributed by atoms with Gasteiger partial charge in [-0.25, -0.2) is 0 Å². The molecule has 1 aromatic rings. The number of amides is 1. The number of ether oxygens (including phenoxy) is 1. The summed E-state index contributed by atoms with van der Waals surface area (Å²) >= 11 is 0. The summed E-state index contributed by atoms with van der Waals surface area (Å²) in [5.74, 6) is 0.457. The summed E-state index contributed by atoms with van der Waals surface area (Å²) in [6, 6.07) is 7.16. The number of para-hydroxylation sites is 1. The Morgan fingerprint density at radius 3 is 2.87 bits per heavy atom. The monoisotopic (exact) mass is 208 g/mol. The van der Waals surface area contributed by atoms with Crippen molar-refractivity contribution in [2.24, 2.45) is 5.73 Å². The van der Waals surface area contributed by atoms with Gasteiger partial charge >= 0.3 is 0 Å². The Balaban J connectivity index is 2.77. The fraction of sp³-hybridized carbons (Fsp3) is 0.364. The highest BCUT2D eigenvalue weighted by Gasteiger charge is 2.10. The summed E-state index contributed by atoms with van der Waals surface area (Å²) in [5, 5.41) is 2.70. The van der Waals surface area contributed by atoms with Gasteiger partial charge in [-0.15, -0.1) is 0 Å². The zero-order valence-corrected chi connectivity index (χ0v) is 8.82. The van der Waals surface area contributed by atoms with Crippen molar-refractivity contribution in [3.8, 4) is 5.75 Å². The minimum atomic E-state index is -0.149. The van der Waals surface area contributed by atoms with Crippen LogP contribution in [-0.4, -0.2) is 25.6 Å². The molecule has 0 aliphatic heterocycles. The summed E-state index contributed by atoms with van der Waals surface area (Å²) in [6.45, 7) is 3.33. The molecule has 0 fully saturated rings. The van der Waals surface area contributed by atoms with Crippen molar-refractivity contribution in [1.29, 1.82) is 0 Å². The number of benzene rings is 1. The Morgan fingerprint density at radius 1 is 1.47 bits per heavy atom. The molecule has 15 heavy (non-hydrogen) atoms. The van der Waals surface area contributed by atoms with Gasteiger partial charge in [0.25, 0.3) is 5.91 Å². The van der Waals surface area contributed by atoms with Gasteiger partial charge in [-0.05, 0) is 19.1 Å². The smallest absolute Gasteiger partial charge is 0.255 e. The summed E-state index contributed by atoms with van der Waals surface area (Å²) in [7, 11) is 0. The van der Waals surface area contributed by atoms with Gasteiger partial charge < -0.3 is 15.8 Å². The summed E-state index contributed by atoms with van der Waals surface area (Å²) in [6.07, 6.45) is 0. The first-order valence-electron chi connectivity index (χ1n) is 4.99. The Morgan fingerprint density at radius 2 is 2.20 bits per heavy atom. The molecule has 1 amide bonds. The van der Waals surface area contributed by atoms with Gasteiger partial charge in [0.05, 0.1) is 12.2 Å². The number of hydrogen-bond donors (Lipinski definition) is 2. The van der Waals surface area contributed by atoms with E-state index in [1.54, 1.807) is 18.2 Å². The third kappa shape index (κ3) is 3.25. The molecule has 0 bridgehead atoms. The van der Waals surface area contributed by atoms with Gasteiger partial charge in [0.2, 0.25) is 0 Å². The quantitative estimate of drug-likeness (QED) is 0.751. The van der Waals surface area contributed by atoms with Crippen LogP contribution in [0.25, 0.3) is 0 Å². The highest BCUT2D eigenvalue weighted by molar-refractivity contribution is 5.96. The maximum atomic E-state index is 11.7. The van der Waals surface area contributed by atoms with Crippen molar-refractivity contribution < 1.29 is 9.53 Å². The van der Waals surface area contributed by atoms with Crippen LogP contribution in [0.15, 0.2) is 24.3 Å². The largest absolute Gasteiger partial charge is 0.493 e. The molecule has 4 nitrogen and oxygen atoms in total. The van der Waals surface area contributed by atoms with E-state index >= 15 is 0 Å². The molecule has 0 aromatic heterocycles. The Hall–Kier alpha value is -1.55. The number of carbonyl (C=O) groups is 1. The summed E-state index contributed by atoms with van der Waals surface area (Å²) in [5.41, 5.74) is 5.85. The number of nitrogens with one attached hydrogen (secondary N) is 1. The molecule has 0 spiro atoms. The van der Waals surface area contributed by atoms with Crippen LogP contribution in [0.5, 0.6) is 5.75 Å². The lowest BCUT2D eigenvalue weighted by Gasteiger charge is -2.09. The summed E-state index contributed by atoms with van der Waals surface area (Å²) < 4.78 is 5.35. The van der Waals surface area contributed by atoms with Crippen LogP contribution < -0.4 is 15.8 Å². The van der Waals surface area contributed by atoms with Crippen molar-refractivity contribution in [2.75, 3.05) is 19.7 Å². The molecular weight excluding hydrogens is 192 g/mol. The van der Waals surface area contributed by atoms with Gasteiger partial charge in [0.15, 0.2) is 0 Å². The number of carbonyl (C=O) groups excluding carboxylic acids is 1. The molecule has 0 atom stereocenters. The van der Waals surface area contributed by atoms with Crippen molar-refractivity contribution in [3.63, 3.8) is 0 Å². The maximum absolute atomic E-state index is 11.7. The zero-order chi connectivity index (χ0) is 11.1. The molecule has 0 heterocycles. The topological polar surface area (TPSA) is 64.3 Å². The summed E-state index contributed by atoms with van der Waals surface area (Å²) in [4.78, 5) is 11.7. The van der Waals surface area contributed by atoms with Crippen molar-refractivity contribution in [3.05, 3.63) is 29.8 Å². The average molecular weight is 208 g/mol. The van der Waals surface area contributed by atoms with E-state index < -0.39 is 0 Å². The molecule has 0 unspecified atom stereocenters. The Labute approximate surface area is 89.4 Å². The lowest BCUT2D eigenvalue weighted by Crippen LogP contribution is -2.29. The zero-order valence-electron chi connectivity index (χ0n) is 8.82. The van der Waals surface area contributed by atoms with Crippen LogP contribution in [0, 0.1) is 0 Å². The average Bonchev–Trinajstić information content (AvgIpc) is 2.27. The van der Waals surface area contributed by atoms with Gasteiger partial charge in [-0.2, -0.15) is 0 Å². The SMILES string of the molecule is CCOc1ccccc1C(=O)NCCN. The molecule has 82 valence electrons. The molecule has 0 saturated heterocycles.